The molecule has 0 unspecified atom stereocenters. The first kappa shape index (κ1) is 29.3. The molecule has 0 heterocycles. The second-order valence-electron chi connectivity index (χ2n) is 8.80. The van der Waals surface area contributed by atoms with E-state index >= 15 is 0 Å². The van der Waals surface area contributed by atoms with E-state index in [1.807, 2.05) is 55.4 Å². The minimum absolute atomic E-state index is 0.353. The van der Waals surface area contributed by atoms with Crippen LogP contribution in [-0.2, 0) is 27.2 Å². The molecule has 0 aromatic heterocycles. The molecular weight excluding hydrogens is 410 g/mol. The standard InChI is InChI=1S/C21H46O6P2/c1-11-13-15-21(16-14-12-2,28(22,24-17(3)4)25-18(5)6)29(23,26-19(7)8)27-20(9)10/h17-20H,11-16H2,1-10H3. The van der Waals surface area contributed by atoms with Crippen molar-refractivity contribution in [2.75, 3.05) is 0 Å². The van der Waals surface area contributed by atoms with Crippen molar-refractivity contribution in [3.63, 3.8) is 0 Å². The topological polar surface area (TPSA) is 71.1 Å². The van der Waals surface area contributed by atoms with Gasteiger partial charge >= 0.3 is 15.2 Å². The molecule has 0 aromatic rings. The van der Waals surface area contributed by atoms with Gasteiger partial charge in [-0.25, -0.2) is 0 Å². The molecule has 0 fully saturated rings. The van der Waals surface area contributed by atoms with Gasteiger partial charge in [0.25, 0.3) is 0 Å². The average molecular weight is 457 g/mol. The summed E-state index contributed by atoms with van der Waals surface area (Å²) < 4.78 is 53.1. The van der Waals surface area contributed by atoms with Gasteiger partial charge in [-0.15, -0.1) is 0 Å². The first-order valence-electron chi connectivity index (χ1n) is 11.2. The Kier molecular flexibility index (Phi) is 13.1. The first-order valence-corrected chi connectivity index (χ1v) is 14.3. The smallest absolute Gasteiger partial charge is 0.305 e. The summed E-state index contributed by atoms with van der Waals surface area (Å²) in [6.07, 6.45) is 2.56. The highest BCUT2D eigenvalue weighted by atomic mass is 31.2. The SMILES string of the molecule is CCCCC(CCCC)(P(=O)(OC(C)C)OC(C)C)P(=O)(OC(C)C)OC(C)C. The second-order valence-corrected chi connectivity index (χ2v) is 13.7. The molecule has 176 valence electrons. The summed E-state index contributed by atoms with van der Waals surface area (Å²) in [7, 11) is -7.76. The number of hydrogen-bond acceptors (Lipinski definition) is 6. The van der Waals surface area contributed by atoms with Crippen LogP contribution in [0.25, 0.3) is 0 Å². The Morgan fingerprint density at radius 2 is 0.828 bits per heavy atom. The molecule has 6 nitrogen and oxygen atoms in total. The largest absolute Gasteiger partial charge is 0.349 e. The number of rotatable bonds is 16. The van der Waals surface area contributed by atoms with Crippen LogP contribution in [-0.4, -0.2) is 29.3 Å². The highest BCUT2D eigenvalue weighted by molar-refractivity contribution is 7.74. The molecule has 0 amide bonds. The van der Waals surface area contributed by atoms with Crippen LogP contribution in [0.1, 0.15) is 108 Å². The van der Waals surface area contributed by atoms with E-state index in [4.69, 9.17) is 18.1 Å². The van der Waals surface area contributed by atoms with Crippen LogP contribution >= 0.6 is 15.2 Å². The summed E-state index contributed by atoms with van der Waals surface area (Å²) in [5, 5.41) is 0. The molecule has 0 aliphatic carbocycles. The van der Waals surface area contributed by atoms with Crippen LogP contribution in [0, 0.1) is 0 Å². The highest BCUT2D eigenvalue weighted by Gasteiger charge is 2.65. The van der Waals surface area contributed by atoms with Gasteiger partial charge in [-0.3, -0.25) is 9.13 Å². The quantitative estimate of drug-likeness (QED) is 0.218. The van der Waals surface area contributed by atoms with E-state index in [2.05, 4.69) is 13.8 Å². The van der Waals surface area contributed by atoms with Crippen molar-refractivity contribution < 1.29 is 27.2 Å². The summed E-state index contributed by atoms with van der Waals surface area (Å²) in [4.78, 5) is -1.34. The minimum Gasteiger partial charge on any atom is -0.305 e. The van der Waals surface area contributed by atoms with Crippen LogP contribution in [0.5, 0.6) is 0 Å². The third-order valence-electron chi connectivity index (χ3n) is 4.28. The minimum atomic E-state index is -3.88. The molecule has 0 saturated carbocycles. The van der Waals surface area contributed by atoms with Crippen molar-refractivity contribution in [1.29, 1.82) is 0 Å². The van der Waals surface area contributed by atoms with Gasteiger partial charge in [0.05, 0.1) is 24.4 Å². The molecule has 0 bridgehead atoms. The van der Waals surface area contributed by atoms with E-state index in [1.54, 1.807) is 0 Å². The Morgan fingerprint density at radius 3 is 1.00 bits per heavy atom. The third kappa shape index (κ3) is 8.39. The van der Waals surface area contributed by atoms with Gasteiger partial charge in [0, 0.05) is 0 Å². The zero-order valence-electron chi connectivity index (χ0n) is 20.4. The highest BCUT2D eigenvalue weighted by Crippen LogP contribution is 2.82. The molecule has 0 spiro atoms. The van der Waals surface area contributed by atoms with Crippen molar-refractivity contribution >= 4 is 15.2 Å². The summed E-state index contributed by atoms with van der Waals surface area (Å²) in [5.41, 5.74) is 0. The maximum atomic E-state index is 14.5. The Balaban J connectivity index is 6.91. The van der Waals surface area contributed by atoms with Crippen molar-refractivity contribution in [1.82, 2.24) is 0 Å². The molecule has 0 aliphatic rings. The number of unbranched alkanes of at least 4 members (excludes halogenated alkanes) is 2. The molecule has 0 saturated heterocycles. The Hall–Kier alpha value is 0.300. The van der Waals surface area contributed by atoms with Crippen molar-refractivity contribution in [3.8, 4) is 0 Å². The average Bonchev–Trinajstić information content (AvgIpc) is 2.51. The van der Waals surface area contributed by atoms with Crippen LogP contribution in [0.15, 0.2) is 0 Å². The summed E-state index contributed by atoms with van der Waals surface area (Å²) in [6.45, 7) is 18.7. The van der Waals surface area contributed by atoms with E-state index in [0.29, 0.717) is 12.8 Å². The van der Waals surface area contributed by atoms with Crippen LogP contribution in [0.3, 0.4) is 0 Å². The molecule has 0 aliphatic heterocycles. The van der Waals surface area contributed by atoms with Gasteiger partial charge in [-0.05, 0) is 68.2 Å². The van der Waals surface area contributed by atoms with Gasteiger partial charge in [0.2, 0.25) is 0 Å². The lowest BCUT2D eigenvalue weighted by molar-refractivity contribution is 0.104. The van der Waals surface area contributed by atoms with Gasteiger partial charge < -0.3 is 18.1 Å². The Morgan fingerprint density at radius 1 is 0.586 bits per heavy atom. The molecule has 0 radical (unpaired) electrons. The van der Waals surface area contributed by atoms with Crippen LogP contribution < -0.4 is 0 Å². The lowest BCUT2D eigenvalue weighted by Crippen LogP contribution is -2.36. The molecule has 0 rings (SSSR count). The summed E-state index contributed by atoms with van der Waals surface area (Å²) in [5.74, 6) is 0. The van der Waals surface area contributed by atoms with E-state index in [9.17, 15) is 9.13 Å². The fraction of sp³-hybridized carbons (Fsp3) is 1.00. The lowest BCUT2D eigenvalue weighted by Gasteiger charge is -2.45. The predicted molar refractivity (Wildman–Crippen MR) is 122 cm³/mol. The molecule has 0 aromatic carbocycles. The van der Waals surface area contributed by atoms with Crippen LogP contribution in [0.4, 0.5) is 0 Å². The Labute approximate surface area is 179 Å². The zero-order chi connectivity index (χ0) is 22.9. The van der Waals surface area contributed by atoms with Gasteiger partial charge in [0.15, 0.2) is 4.90 Å². The van der Waals surface area contributed by atoms with E-state index in [1.165, 1.54) is 0 Å². The molecule has 0 N–H and O–H groups in total. The predicted octanol–water partition coefficient (Wildman–Crippen LogP) is 8.15. The Bertz CT molecular complexity index is 469. The fourth-order valence-corrected chi connectivity index (χ4v) is 9.89. The van der Waals surface area contributed by atoms with E-state index < -0.39 is 20.1 Å². The lowest BCUT2D eigenvalue weighted by atomic mass is 10.1. The monoisotopic (exact) mass is 456 g/mol. The molecule has 0 atom stereocenters. The van der Waals surface area contributed by atoms with Gasteiger partial charge in [-0.1, -0.05) is 39.5 Å². The second kappa shape index (κ2) is 13.0. The fourth-order valence-electron chi connectivity index (χ4n) is 3.29. The normalized spacial score (nSPS) is 14.0. The maximum absolute atomic E-state index is 14.5. The molecular formula is C21H46O6P2. The van der Waals surface area contributed by atoms with E-state index in [-0.39, 0.29) is 24.4 Å². The molecule has 8 heteroatoms. The maximum Gasteiger partial charge on any atom is 0.349 e. The van der Waals surface area contributed by atoms with Crippen molar-refractivity contribution in [2.45, 2.75) is 137 Å². The van der Waals surface area contributed by atoms with Crippen molar-refractivity contribution in [3.05, 3.63) is 0 Å². The summed E-state index contributed by atoms with van der Waals surface area (Å²) in [6, 6.07) is 0. The number of hydrogen-bond donors (Lipinski definition) is 0. The summed E-state index contributed by atoms with van der Waals surface area (Å²) >= 11 is 0. The first-order chi connectivity index (χ1) is 13.3. The van der Waals surface area contributed by atoms with Crippen LogP contribution in [0.2, 0.25) is 0 Å². The van der Waals surface area contributed by atoms with Gasteiger partial charge in [0.1, 0.15) is 0 Å². The molecule has 29 heavy (non-hydrogen) atoms. The zero-order valence-corrected chi connectivity index (χ0v) is 22.2. The van der Waals surface area contributed by atoms with E-state index in [0.717, 1.165) is 25.7 Å². The van der Waals surface area contributed by atoms with Gasteiger partial charge in [-0.2, -0.15) is 0 Å². The third-order valence-corrected chi connectivity index (χ3v) is 11.5. The van der Waals surface area contributed by atoms with Crippen molar-refractivity contribution in [2.24, 2.45) is 0 Å².